The molecule has 0 aliphatic carbocycles. The summed E-state index contributed by atoms with van der Waals surface area (Å²) in [4.78, 5) is 27.2. The van der Waals surface area contributed by atoms with E-state index in [4.69, 9.17) is 9.47 Å². The van der Waals surface area contributed by atoms with Gasteiger partial charge in [0.05, 0.1) is 0 Å². The topological polar surface area (TPSA) is 59.1 Å². The second-order valence-corrected chi connectivity index (χ2v) is 6.14. The van der Waals surface area contributed by atoms with E-state index in [1.165, 1.54) is 0 Å². The second-order valence-electron chi connectivity index (χ2n) is 6.14. The van der Waals surface area contributed by atoms with Crippen LogP contribution in [0.25, 0.3) is 0 Å². The molecule has 1 aromatic rings. The van der Waals surface area contributed by atoms with Gasteiger partial charge in [-0.2, -0.15) is 0 Å². The van der Waals surface area contributed by atoms with Crippen LogP contribution in [0.2, 0.25) is 0 Å². The molecule has 22 heavy (non-hydrogen) atoms. The van der Waals surface area contributed by atoms with E-state index in [9.17, 15) is 9.59 Å². The maximum absolute atomic E-state index is 12.0. The Balaban J connectivity index is 1.82. The predicted molar refractivity (Wildman–Crippen MR) is 81.8 cm³/mol. The molecule has 1 aromatic carbocycles. The van der Waals surface area contributed by atoms with Crippen LogP contribution in [-0.2, 0) is 4.74 Å². The first-order valence-corrected chi connectivity index (χ1v) is 7.35. The Morgan fingerprint density at radius 1 is 0.909 bits per heavy atom. The Morgan fingerprint density at radius 3 is 1.91 bits per heavy atom. The zero-order chi connectivity index (χ0) is 16.2. The monoisotopic (exact) mass is 306 g/mol. The van der Waals surface area contributed by atoms with E-state index in [0.29, 0.717) is 31.9 Å². The van der Waals surface area contributed by atoms with Gasteiger partial charge in [0.1, 0.15) is 11.4 Å². The van der Waals surface area contributed by atoms with Crippen LogP contribution in [0.3, 0.4) is 0 Å². The molecule has 0 unspecified atom stereocenters. The number of ether oxygens (including phenoxy) is 2. The Morgan fingerprint density at radius 2 is 1.41 bits per heavy atom. The minimum absolute atomic E-state index is 0.344. The number of hydrogen-bond acceptors (Lipinski definition) is 4. The van der Waals surface area contributed by atoms with Crippen LogP contribution in [0.1, 0.15) is 20.8 Å². The summed E-state index contributed by atoms with van der Waals surface area (Å²) in [6.45, 7) is 7.25. The van der Waals surface area contributed by atoms with Crippen molar-refractivity contribution in [1.82, 2.24) is 9.80 Å². The summed E-state index contributed by atoms with van der Waals surface area (Å²) >= 11 is 0. The highest BCUT2D eigenvalue weighted by Crippen LogP contribution is 2.14. The van der Waals surface area contributed by atoms with Crippen molar-refractivity contribution < 1.29 is 19.1 Å². The average molecular weight is 306 g/mol. The van der Waals surface area contributed by atoms with Gasteiger partial charge in [-0.25, -0.2) is 9.59 Å². The number of amides is 2. The van der Waals surface area contributed by atoms with Gasteiger partial charge in [0, 0.05) is 26.2 Å². The summed E-state index contributed by atoms with van der Waals surface area (Å²) in [5.74, 6) is 0.516. The molecule has 1 aliphatic heterocycles. The maximum atomic E-state index is 12.0. The predicted octanol–water partition coefficient (Wildman–Crippen LogP) is 2.74. The van der Waals surface area contributed by atoms with E-state index in [2.05, 4.69) is 0 Å². The third kappa shape index (κ3) is 4.65. The zero-order valence-electron chi connectivity index (χ0n) is 13.2. The van der Waals surface area contributed by atoms with Gasteiger partial charge in [-0.15, -0.1) is 0 Å². The van der Waals surface area contributed by atoms with Crippen LogP contribution in [-0.4, -0.2) is 53.8 Å². The summed E-state index contributed by atoms with van der Waals surface area (Å²) in [6.07, 6.45) is -0.737. The Kier molecular flexibility index (Phi) is 4.90. The standard InChI is InChI=1S/C16H22N2O4/c1-16(2,3)22-15(20)18-11-9-17(10-12-18)14(19)21-13-7-5-4-6-8-13/h4-8H,9-12H2,1-3H3. The highest BCUT2D eigenvalue weighted by molar-refractivity contribution is 5.72. The normalized spacial score (nSPS) is 15.4. The van der Waals surface area contributed by atoms with Crippen molar-refractivity contribution in [3.05, 3.63) is 30.3 Å². The first kappa shape index (κ1) is 16.1. The molecule has 0 saturated carbocycles. The molecule has 120 valence electrons. The molecule has 0 bridgehead atoms. The molecule has 1 saturated heterocycles. The first-order chi connectivity index (χ1) is 10.3. The lowest BCUT2D eigenvalue weighted by Gasteiger charge is -2.34. The lowest BCUT2D eigenvalue weighted by Crippen LogP contribution is -2.52. The molecule has 0 radical (unpaired) electrons. The van der Waals surface area contributed by atoms with Crippen molar-refractivity contribution in [2.45, 2.75) is 26.4 Å². The fourth-order valence-corrected chi connectivity index (χ4v) is 2.05. The van der Waals surface area contributed by atoms with Crippen LogP contribution in [0.4, 0.5) is 9.59 Å². The summed E-state index contributed by atoms with van der Waals surface area (Å²) in [7, 11) is 0. The quantitative estimate of drug-likeness (QED) is 0.800. The Hall–Kier alpha value is -2.24. The molecular formula is C16H22N2O4. The Bertz CT molecular complexity index is 517. The number of rotatable bonds is 1. The molecule has 2 amide bonds. The fraction of sp³-hybridized carbons (Fsp3) is 0.500. The maximum Gasteiger partial charge on any atom is 0.415 e. The van der Waals surface area contributed by atoms with Crippen molar-refractivity contribution >= 4 is 12.2 Å². The van der Waals surface area contributed by atoms with Gasteiger partial charge in [-0.1, -0.05) is 18.2 Å². The van der Waals surface area contributed by atoms with E-state index >= 15 is 0 Å². The Labute approximate surface area is 130 Å². The van der Waals surface area contributed by atoms with E-state index in [1.807, 2.05) is 39.0 Å². The van der Waals surface area contributed by atoms with Crippen molar-refractivity contribution in [2.24, 2.45) is 0 Å². The summed E-state index contributed by atoms with van der Waals surface area (Å²) in [5.41, 5.74) is -0.513. The van der Waals surface area contributed by atoms with E-state index in [1.54, 1.807) is 21.9 Å². The number of nitrogens with zero attached hydrogens (tertiary/aromatic N) is 2. The van der Waals surface area contributed by atoms with Crippen molar-refractivity contribution in [1.29, 1.82) is 0 Å². The number of carbonyl (C=O) groups excluding carboxylic acids is 2. The summed E-state index contributed by atoms with van der Waals surface area (Å²) in [6, 6.07) is 8.94. The van der Waals surface area contributed by atoms with Crippen molar-refractivity contribution in [3.63, 3.8) is 0 Å². The number of carbonyl (C=O) groups is 2. The van der Waals surface area contributed by atoms with Gasteiger partial charge in [0.25, 0.3) is 0 Å². The van der Waals surface area contributed by atoms with Crippen molar-refractivity contribution in [2.75, 3.05) is 26.2 Å². The lowest BCUT2D eigenvalue weighted by molar-refractivity contribution is 0.0154. The van der Waals surface area contributed by atoms with Crippen LogP contribution in [0.15, 0.2) is 30.3 Å². The van der Waals surface area contributed by atoms with Gasteiger partial charge in [0.2, 0.25) is 0 Å². The lowest BCUT2D eigenvalue weighted by atomic mass is 10.2. The first-order valence-electron chi connectivity index (χ1n) is 7.35. The molecule has 1 fully saturated rings. The smallest absolute Gasteiger partial charge is 0.415 e. The van der Waals surface area contributed by atoms with Gasteiger partial charge in [-0.05, 0) is 32.9 Å². The fourth-order valence-electron chi connectivity index (χ4n) is 2.05. The molecule has 6 heteroatoms. The molecule has 0 aromatic heterocycles. The molecule has 6 nitrogen and oxygen atoms in total. The molecular weight excluding hydrogens is 284 g/mol. The van der Waals surface area contributed by atoms with Crippen LogP contribution >= 0.6 is 0 Å². The molecule has 1 heterocycles. The minimum Gasteiger partial charge on any atom is -0.444 e. The minimum atomic E-state index is -0.513. The highest BCUT2D eigenvalue weighted by Gasteiger charge is 2.28. The summed E-state index contributed by atoms with van der Waals surface area (Å²) < 4.78 is 10.6. The largest absolute Gasteiger partial charge is 0.444 e. The van der Waals surface area contributed by atoms with E-state index in [-0.39, 0.29) is 6.09 Å². The SMILES string of the molecule is CC(C)(C)OC(=O)N1CCN(C(=O)Oc2ccccc2)CC1. The third-order valence-electron chi connectivity index (χ3n) is 3.14. The molecule has 0 spiro atoms. The van der Waals surface area contributed by atoms with E-state index in [0.717, 1.165) is 0 Å². The highest BCUT2D eigenvalue weighted by atomic mass is 16.6. The molecule has 2 rings (SSSR count). The molecule has 1 aliphatic rings. The zero-order valence-corrected chi connectivity index (χ0v) is 13.2. The van der Waals surface area contributed by atoms with E-state index < -0.39 is 11.7 Å². The average Bonchev–Trinajstić information content (AvgIpc) is 2.46. The number of benzene rings is 1. The number of para-hydroxylation sites is 1. The van der Waals surface area contributed by atoms with Crippen LogP contribution in [0, 0.1) is 0 Å². The van der Waals surface area contributed by atoms with Gasteiger partial charge >= 0.3 is 12.2 Å². The van der Waals surface area contributed by atoms with Gasteiger partial charge < -0.3 is 19.3 Å². The number of piperazine rings is 1. The van der Waals surface area contributed by atoms with Gasteiger partial charge in [0.15, 0.2) is 0 Å². The van der Waals surface area contributed by atoms with Gasteiger partial charge in [-0.3, -0.25) is 0 Å². The second kappa shape index (κ2) is 6.68. The summed E-state index contributed by atoms with van der Waals surface area (Å²) in [5, 5.41) is 0. The third-order valence-corrected chi connectivity index (χ3v) is 3.14. The molecule has 0 atom stereocenters. The number of hydrogen-bond donors (Lipinski definition) is 0. The van der Waals surface area contributed by atoms with Crippen LogP contribution < -0.4 is 4.74 Å². The van der Waals surface area contributed by atoms with Crippen molar-refractivity contribution in [3.8, 4) is 5.75 Å². The van der Waals surface area contributed by atoms with Crippen LogP contribution in [0.5, 0.6) is 5.75 Å². The molecule has 0 N–H and O–H groups in total.